The number of halogens is 3. The Labute approximate surface area is 250 Å². The Balaban J connectivity index is 1.47. The minimum absolute atomic E-state index is 0.0176. The number of hydrogen-bond donors (Lipinski definition) is 1. The summed E-state index contributed by atoms with van der Waals surface area (Å²) in [6, 6.07) is 23.1. The van der Waals surface area contributed by atoms with E-state index in [-0.39, 0.29) is 17.2 Å². The molecule has 0 saturated heterocycles. The molecule has 0 unspecified atom stereocenters. The lowest BCUT2D eigenvalue weighted by Gasteiger charge is -2.23. The molecular formula is C29H24BrClFN3O5S. The van der Waals surface area contributed by atoms with E-state index in [2.05, 4.69) is 26.5 Å². The Morgan fingerprint density at radius 1 is 1.05 bits per heavy atom. The molecule has 41 heavy (non-hydrogen) atoms. The van der Waals surface area contributed by atoms with Crippen LogP contribution in [0.1, 0.15) is 11.1 Å². The van der Waals surface area contributed by atoms with Crippen molar-refractivity contribution in [2.24, 2.45) is 5.10 Å². The Hall–Kier alpha value is -3.93. The maximum Gasteiger partial charge on any atom is 0.264 e. The lowest BCUT2D eigenvalue weighted by molar-refractivity contribution is -0.119. The number of hydrazone groups is 1. The summed E-state index contributed by atoms with van der Waals surface area (Å²) in [4.78, 5) is 12.8. The smallest absolute Gasteiger partial charge is 0.264 e. The largest absolute Gasteiger partial charge is 0.493 e. The minimum atomic E-state index is -4.13. The van der Waals surface area contributed by atoms with Gasteiger partial charge in [-0.05, 0) is 87.7 Å². The van der Waals surface area contributed by atoms with Gasteiger partial charge in [0.1, 0.15) is 19.0 Å². The Kier molecular flexibility index (Phi) is 9.98. The number of benzene rings is 4. The number of rotatable bonds is 11. The zero-order valence-corrected chi connectivity index (χ0v) is 24.8. The summed E-state index contributed by atoms with van der Waals surface area (Å²) in [5.41, 5.74) is 3.95. The van der Waals surface area contributed by atoms with Gasteiger partial charge in [0.15, 0.2) is 11.5 Å². The number of nitrogens with one attached hydrogen (secondary N) is 1. The van der Waals surface area contributed by atoms with Gasteiger partial charge >= 0.3 is 0 Å². The first-order valence-corrected chi connectivity index (χ1v) is 14.7. The molecule has 0 radical (unpaired) electrons. The molecule has 1 N–H and O–H groups in total. The van der Waals surface area contributed by atoms with Crippen LogP contribution in [0.5, 0.6) is 11.5 Å². The van der Waals surface area contributed by atoms with Crippen molar-refractivity contribution in [3.63, 3.8) is 0 Å². The zero-order chi connectivity index (χ0) is 29.4. The van der Waals surface area contributed by atoms with Crippen molar-refractivity contribution in [3.05, 3.63) is 117 Å². The average Bonchev–Trinajstić information content (AvgIpc) is 2.97. The van der Waals surface area contributed by atoms with Gasteiger partial charge in [-0.3, -0.25) is 9.10 Å². The van der Waals surface area contributed by atoms with Gasteiger partial charge in [-0.15, -0.1) is 0 Å². The molecule has 0 fully saturated rings. The summed E-state index contributed by atoms with van der Waals surface area (Å²) in [5, 5.41) is 4.60. The number of ether oxygens (including phenoxy) is 2. The second-order valence-electron chi connectivity index (χ2n) is 8.54. The average molecular weight is 661 g/mol. The van der Waals surface area contributed by atoms with Crippen LogP contribution in [-0.2, 0) is 21.4 Å². The normalized spacial score (nSPS) is 11.3. The third-order valence-electron chi connectivity index (χ3n) is 5.68. The fourth-order valence-electron chi connectivity index (χ4n) is 3.68. The fraction of sp³-hybridized carbons (Fsp3) is 0.103. The van der Waals surface area contributed by atoms with E-state index in [9.17, 15) is 17.6 Å². The number of carbonyl (C=O) groups excluding carboxylic acids is 1. The molecule has 0 aromatic heterocycles. The summed E-state index contributed by atoms with van der Waals surface area (Å²) >= 11 is 9.41. The molecule has 0 bridgehead atoms. The van der Waals surface area contributed by atoms with Gasteiger partial charge in [0.25, 0.3) is 15.9 Å². The van der Waals surface area contributed by atoms with E-state index in [1.807, 2.05) is 12.1 Å². The Bertz CT molecular complexity index is 1640. The molecule has 0 spiro atoms. The molecule has 12 heteroatoms. The molecule has 0 heterocycles. The molecule has 0 saturated carbocycles. The van der Waals surface area contributed by atoms with E-state index in [1.54, 1.807) is 42.5 Å². The minimum Gasteiger partial charge on any atom is -0.493 e. The first-order valence-electron chi connectivity index (χ1n) is 12.1. The molecule has 8 nitrogen and oxygen atoms in total. The highest BCUT2D eigenvalue weighted by Gasteiger charge is 2.27. The van der Waals surface area contributed by atoms with Crippen LogP contribution in [0.3, 0.4) is 0 Å². The third-order valence-corrected chi connectivity index (χ3v) is 8.31. The molecule has 0 aliphatic heterocycles. The number of hydrogen-bond acceptors (Lipinski definition) is 6. The van der Waals surface area contributed by atoms with Gasteiger partial charge in [-0.25, -0.2) is 18.2 Å². The van der Waals surface area contributed by atoms with Gasteiger partial charge in [-0.2, -0.15) is 5.10 Å². The van der Waals surface area contributed by atoms with Crippen LogP contribution in [-0.4, -0.2) is 34.2 Å². The highest BCUT2D eigenvalue weighted by Crippen LogP contribution is 2.37. The standard InChI is InChI=1S/C29H24BrClFN3O5S/c1-39-27-16-21(15-26(30)29(27)40-19-20-7-9-22(31)10-8-20)17-33-34-28(36)18-35(24-13-11-23(32)12-14-24)41(37,38)25-5-3-2-4-6-25/h2-17H,18-19H2,1H3,(H,34,36)/b33-17-. The van der Waals surface area contributed by atoms with Crippen LogP contribution in [0, 0.1) is 5.82 Å². The van der Waals surface area contributed by atoms with Crippen molar-refractivity contribution in [1.82, 2.24) is 5.43 Å². The number of sulfonamides is 1. The van der Waals surface area contributed by atoms with E-state index >= 15 is 0 Å². The maximum absolute atomic E-state index is 13.5. The molecule has 212 valence electrons. The van der Waals surface area contributed by atoms with Crippen molar-refractivity contribution >= 4 is 55.4 Å². The first-order chi connectivity index (χ1) is 19.7. The number of anilines is 1. The number of nitrogens with zero attached hydrogens (tertiary/aromatic N) is 2. The second-order valence-corrected chi connectivity index (χ2v) is 11.7. The van der Waals surface area contributed by atoms with Crippen molar-refractivity contribution in [1.29, 1.82) is 0 Å². The summed E-state index contributed by atoms with van der Waals surface area (Å²) in [6.07, 6.45) is 1.38. The van der Waals surface area contributed by atoms with Gasteiger partial charge in [0.2, 0.25) is 0 Å². The van der Waals surface area contributed by atoms with Crippen LogP contribution < -0.4 is 19.2 Å². The summed E-state index contributed by atoms with van der Waals surface area (Å²) in [7, 11) is -2.63. The lowest BCUT2D eigenvalue weighted by atomic mass is 10.2. The lowest BCUT2D eigenvalue weighted by Crippen LogP contribution is -2.39. The molecule has 0 atom stereocenters. The van der Waals surface area contributed by atoms with E-state index < -0.39 is 28.3 Å². The van der Waals surface area contributed by atoms with Crippen molar-refractivity contribution in [2.45, 2.75) is 11.5 Å². The second kappa shape index (κ2) is 13.6. The van der Waals surface area contributed by atoms with Gasteiger partial charge in [0, 0.05) is 5.02 Å². The van der Waals surface area contributed by atoms with E-state index in [0.29, 0.717) is 26.6 Å². The van der Waals surface area contributed by atoms with E-state index in [0.717, 1.165) is 22.0 Å². The summed E-state index contributed by atoms with van der Waals surface area (Å²) in [5.74, 6) is -0.343. The predicted molar refractivity (Wildman–Crippen MR) is 160 cm³/mol. The quantitative estimate of drug-likeness (QED) is 0.153. The van der Waals surface area contributed by atoms with Crippen LogP contribution in [0.2, 0.25) is 5.02 Å². The van der Waals surface area contributed by atoms with Crippen molar-refractivity contribution in [3.8, 4) is 11.5 Å². The highest BCUT2D eigenvalue weighted by atomic mass is 79.9. The molecule has 1 amide bonds. The van der Waals surface area contributed by atoms with Crippen LogP contribution in [0.15, 0.2) is 105 Å². The molecule has 0 aliphatic carbocycles. The maximum atomic E-state index is 13.5. The summed E-state index contributed by atoms with van der Waals surface area (Å²) in [6.45, 7) is -0.309. The van der Waals surface area contributed by atoms with Crippen LogP contribution in [0.25, 0.3) is 0 Å². The number of carbonyl (C=O) groups is 1. The molecular weight excluding hydrogens is 637 g/mol. The van der Waals surface area contributed by atoms with Crippen LogP contribution in [0.4, 0.5) is 10.1 Å². The number of amides is 1. The van der Waals surface area contributed by atoms with Gasteiger partial charge in [0.05, 0.1) is 28.4 Å². The third kappa shape index (κ3) is 7.84. The zero-order valence-electron chi connectivity index (χ0n) is 21.6. The highest BCUT2D eigenvalue weighted by molar-refractivity contribution is 9.10. The summed E-state index contributed by atoms with van der Waals surface area (Å²) < 4.78 is 53.0. The molecule has 4 rings (SSSR count). The van der Waals surface area contributed by atoms with Crippen molar-refractivity contribution < 1.29 is 27.1 Å². The van der Waals surface area contributed by atoms with E-state index in [1.165, 1.54) is 37.6 Å². The molecule has 4 aromatic rings. The SMILES string of the molecule is COc1cc(/C=N\NC(=O)CN(c2ccc(F)cc2)S(=O)(=O)c2ccccc2)cc(Br)c1OCc1ccc(Cl)cc1. The van der Waals surface area contributed by atoms with Crippen LogP contribution >= 0.6 is 27.5 Å². The first kappa shape index (κ1) is 30.0. The molecule has 0 aliphatic rings. The molecule has 4 aromatic carbocycles. The predicted octanol–water partition coefficient (Wildman–Crippen LogP) is 6.17. The van der Waals surface area contributed by atoms with Gasteiger partial charge < -0.3 is 9.47 Å². The fourth-order valence-corrected chi connectivity index (χ4v) is 5.82. The Morgan fingerprint density at radius 2 is 1.73 bits per heavy atom. The monoisotopic (exact) mass is 659 g/mol. The Morgan fingerprint density at radius 3 is 2.39 bits per heavy atom. The number of methoxy groups -OCH3 is 1. The van der Waals surface area contributed by atoms with Gasteiger partial charge in [-0.1, -0.05) is 41.9 Å². The topological polar surface area (TPSA) is 97.3 Å². The van der Waals surface area contributed by atoms with E-state index in [4.69, 9.17) is 21.1 Å². The van der Waals surface area contributed by atoms with Crippen molar-refractivity contribution in [2.75, 3.05) is 18.0 Å².